The number of hydrogen-bond donors (Lipinski definition) is 1. The van der Waals surface area contributed by atoms with Crippen LogP contribution in [-0.4, -0.2) is 6.04 Å². The van der Waals surface area contributed by atoms with Crippen LogP contribution >= 0.6 is 0 Å². The molecular formula is C10H17NO. The average Bonchev–Trinajstić information content (AvgIpc) is 2.26. The Morgan fingerprint density at radius 1 is 1.50 bits per heavy atom. The van der Waals surface area contributed by atoms with Crippen LogP contribution in [0.2, 0.25) is 0 Å². The van der Waals surface area contributed by atoms with Gasteiger partial charge in [-0.05, 0) is 45.2 Å². The molecule has 0 spiro atoms. The first-order chi connectivity index (χ1) is 5.59. The van der Waals surface area contributed by atoms with E-state index in [1.54, 1.807) is 0 Å². The summed E-state index contributed by atoms with van der Waals surface area (Å²) in [6.07, 6.45) is 2.06. The normalized spacial score (nSPS) is 13.3. The molecule has 0 unspecified atom stereocenters. The Kier molecular flexibility index (Phi) is 2.93. The van der Waals surface area contributed by atoms with E-state index in [9.17, 15) is 0 Å². The summed E-state index contributed by atoms with van der Waals surface area (Å²) in [5.41, 5.74) is 6.96. The highest BCUT2D eigenvalue weighted by molar-refractivity contribution is 5.20. The molecule has 0 amide bonds. The van der Waals surface area contributed by atoms with E-state index in [1.165, 1.54) is 5.56 Å². The van der Waals surface area contributed by atoms with Crippen LogP contribution in [0.25, 0.3) is 0 Å². The molecule has 1 rings (SSSR count). The van der Waals surface area contributed by atoms with Crippen LogP contribution in [0, 0.1) is 13.8 Å². The van der Waals surface area contributed by atoms with Gasteiger partial charge in [-0.2, -0.15) is 0 Å². The molecule has 0 aliphatic heterocycles. The SMILES string of the molecule is Cc1cc(CC[C@H](C)N)c(C)o1. The van der Waals surface area contributed by atoms with Gasteiger partial charge in [0.1, 0.15) is 11.5 Å². The van der Waals surface area contributed by atoms with Crippen LogP contribution < -0.4 is 5.73 Å². The maximum absolute atomic E-state index is 5.67. The van der Waals surface area contributed by atoms with E-state index in [1.807, 2.05) is 20.8 Å². The predicted octanol–water partition coefficient (Wildman–Crippen LogP) is 2.18. The monoisotopic (exact) mass is 167 g/mol. The highest BCUT2D eigenvalue weighted by Crippen LogP contribution is 2.15. The largest absolute Gasteiger partial charge is 0.466 e. The van der Waals surface area contributed by atoms with E-state index in [4.69, 9.17) is 10.2 Å². The van der Waals surface area contributed by atoms with Gasteiger partial charge in [0.2, 0.25) is 0 Å². The first kappa shape index (κ1) is 9.33. The van der Waals surface area contributed by atoms with Gasteiger partial charge in [-0.15, -0.1) is 0 Å². The topological polar surface area (TPSA) is 39.2 Å². The molecule has 0 fully saturated rings. The van der Waals surface area contributed by atoms with Gasteiger partial charge in [0.25, 0.3) is 0 Å². The lowest BCUT2D eigenvalue weighted by molar-refractivity contribution is 0.499. The second-order valence-corrected chi connectivity index (χ2v) is 3.45. The maximum atomic E-state index is 5.67. The van der Waals surface area contributed by atoms with Crippen molar-refractivity contribution in [1.29, 1.82) is 0 Å². The summed E-state index contributed by atoms with van der Waals surface area (Å²) in [4.78, 5) is 0. The van der Waals surface area contributed by atoms with Crippen molar-refractivity contribution in [1.82, 2.24) is 0 Å². The molecule has 1 heterocycles. The van der Waals surface area contributed by atoms with Crippen molar-refractivity contribution in [3.63, 3.8) is 0 Å². The number of rotatable bonds is 3. The number of nitrogens with two attached hydrogens (primary N) is 1. The minimum Gasteiger partial charge on any atom is -0.466 e. The van der Waals surface area contributed by atoms with Gasteiger partial charge in [0, 0.05) is 6.04 Å². The lowest BCUT2D eigenvalue weighted by atomic mass is 10.1. The molecular weight excluding hydrogens is 150 g/mol. The molecule has 0 saturated carbocycles. The quantitative estimate of drug-likeness (QED) is 0.749. The van der Waals surface area contributed by atoms with Gasteiger partial charge >= 0.3 is 0 Å². The van der Waals surface area contributed by atoms with Gasteiger partial charge in [0.15, 0.2) is 0 Å². The highest BCUT2D eigenvalue weighted by atomic mass is 16.3. The molecule has 0 bridgehead atoms. The minimum absolute atomic E-state index is 0.277. The van der Waals surface area contributed by atoms with Crippen molar-refractivity contribution in [2.75, 3.05) is 0 Å². The second kappa shape index (κ2) is 3.76. The molecule has 1 aromatic rings. The summed E-state index contributed by atoms with van der Waals surface area (Å²) in [7, 11) is 0. The predicted molar refractivity (Wildman–Crippen MR) is 50.2 cm³/mol. The van der Waals surface area contributed by atoms with Gasteiger partial charge in [-0.25, -0.2) is 0 Å². The van der Waals surface area contributed by atoms with Crippen LogP contribution in [-0.2, 0) is 6.42 Å². The molecule has 2 N–H and O–H groups in total. The Morgan fingerprint density at radius 3 is 2.58 bits per heavy atom. The highest BCUT2D eigenvalue weighted by Gasteiger charge is 2.04. The third-order valence-electron chi connectivity index (χ3n) is 2.01. The van der Waals surface area contributed by atoms with Crippen LogP contribution in [0.5, 0.6) is 0 Å². The number of furan rings is 1. The lowest BCUT2D eigenvalue weighted by Crippen LogP contribution is -2.15. The van der Waals surface area contributed by atoms with Gasteiger partial charge < -0.3 is 10.2 Å². The minimum atomic E-state index is 0.277. The van der Waals surface area contributed by atoms with Crippen LogP contribution in [0.4, 0.5) is 0 Å². The van der Waals surface area contributed by atoms with E-state index < -0.39 is 0 Å². The summed E-state index contributed by atoms with van der Waals surface area (Å²) >= 11 is 0. The molecule has 2 nitrogen and oxygen atoms in total. The molecule has 2 heteroatoms. The fourth-order valence-corrected chi connectivity index (χ4v) is 1.31. The Balaban J connectivity index is 2.57. The molecule has 0 aliphatic carbocycles. The summed E-state index contributed by atoms with van der Waals surface area (Å²) in [5.74, 6) is 2.03. The van der Waals surface area contributed by atoms with E-state index in [2.05, 4.69) is 6.07 Å². The first-order valence-electron chi connectivity index (χ1n) is 4.41. The Labute approximate surface area is 73.8 Å². The van der Waals surface area contributed by atoms with Gasteiger partial charge in [0.05, 0.1) is 0 Å². The lowest BCUT2D eigenvalue weighted by Gasteiger charge is -2.02. The molecule has 12 heavy (non-hydrogen) atoms. The summed E-state index contributed by atoms with van der Waals surface area (Å²) < 4.78 is 5.41. The average molecular weight is 167 g/mol. The van der Waals surface area contributed by atoms with E-state index in [0.29, 0.717) is 0 Å². The van der Waals surface area contributed by atoms with Crippen molar-refractivity contribution in [2.24, 2.45) is 5.73 Å². The van der Waals surface area contributed by atoms with Gasteiger partial charge in [-0.3, -0.25) is 0 Å². The van der Waals surface area contributed by atoms with Gasteiger partial charge in [-0.1, -0.05) is 0 Å². The second-order valence-electron chi connectivity index (χ2n) is 3.45. The van der Waals surface area contributed by atoms with E-state index in [-0.39, 0.29) is 6.04 Å². The zero-order valence-corrected chi connectivity index (χ0v) is 8.05. The number of aryl methyl sites for hydroxylation is 3. The maximum Gasteiger partial charge on any atom is 0.104 e. The summed E-state index contributed by atoms with van der Waals surface area (Å²) in [6, 6.07) is 2.37. The Hall–Kier alpha value is -0.760. The first-order valence-corrected chi connectivity index (χ1v) is 4.41. The Bertz CT molecular complexity index is 250. The standard InChI is InChI=1S/C10H17NO/c1-7(11)4-5-10-6-8(2)12-9(10)3/h6-7H,4-5,11H2,1-3H3/t7-/m0/s1. The molecule has 0 saturated heterocycles. The molecule has 1 atom stereocenters. The van der Waals surface area contributed by atoms with Crippen molar-refractivity contribution in [3.05, 3.63) is 23.2 Å². The smallest absolute Gasteiger partial charge is 0.104 e. The van der Waals surface area contributed by atoms with E-state index >= 15 is 0 Å². The van der Waals surface area contributed by atoms with Crippen LogP contribution in [0.15, 0.2) is 10.5 Å². The third-order valence-corrected chi connectivity index (χ3v) is 2.01. The molecule has 1 aromatic heterocycles. The van der Waals surface area contributed by atoms with Crippen molar-refractivity contribution >= 4 is 0 Å². The van der Waals surface area contributed by atoms with Crippen LogP contribution in [0.3, 0.4) is 0 Å². The zero-order chi connectivity index (χ0) is 9.14. The molecule has 0 aromatic carbocycles. The molecule has 0 aliphatic rings. The Morgan fingerprint density at radius 2 is 2.17 bits per heavy atom. The van der Waals surface area contributed by atoms with Crippen molar-refractivity contribution in [2.45, 2.75) is 39.7 Å². The molecule has 68 valence electrons. The zero-order valence-electron chi connectivity index (χ0n) is 8.05. The summed E-state index contributed by atoms with van der Waals surface area (Å²) in [6.45, 7) is 6.01. The van der Waals surface area contributed by atoms with Crippen molar-refractivity contribution in [3.8, 4) is 0 Å². The van der Waals surface area contributed by atoms with E-state index in [0.717, 1.165) is 24.4 Å². The summed E-state index contributed by atoms with van der Waals surface area (Å²) in [5, 5.41) is 0. The fraction of sp³-hybridized carbons (Fsp3) is 0.600. The fourth-order valence-electron chi connectivity index (χ4n) is 1.31. The third kappa shape index (κ3) is 2.38. The van der Waals surface area contributed by atoms with Crippen molar-refractivity contribution < 1.29 is 4.42 Å². The number of hydrogen-bond acceptors (Lipinski definition) is 2. The molecule has 0 radical (unpaired) electrons. The van der Waals surface area contributed by atoms with Crippen LogP contribution in [0.1, 0.15) is 30.4 Å².